The second-order valence-electron chi connectivity index (χ2n) is 5.26. The summed E-state index contributed by atoms with van der Waals surface area (Å²) in [5.74, 6) is -0.109. The molecule has 5 heteroatoms. The van der Waals surface area contributed by atoms with Gasteiger partial charge in [0.25, 0.3) is 5.91 Å². The van der Waals surface area contributed by atoms with Crippen LogP contribution in [0.4, 0.5) is 0 Å². The number of thioether (sulfide) groups is 1. The van der Waals surface area contributed by atoms with Crippen molar-refractivity contribution in [1.82, 2.24) is 4.90 Å². The number of carbonyl (C=O) groups is 1. The molecule has 1 fully saturated rings. The van der Waals surface area contributed by atoms with E-state index in [4.69, 9.17) is 0 Å². The number of aliphatic imine (C=N–C) groups is 1. The first-order valence-corrected chi connectivity index (χ1v) is 8.86. The van der Waals surface area contributed by atoms with E-state index in [1.165, 1.54) is 37.4 Å². The number of benzene rings is 1. The number of halogens is 1. The Bertz CT molecular complexity index is 587. The molecule has 0 bridgehead atoms. The third-order valence-electron chi connectivity index (χ3n) is 3.65. The van der Waals surface area contributed by atoms with Gasteiger partial charge < -0.3 is 4.90 Å². The van der Waals surface area contributed by atoms with Crippen LogP contribution < -0.4 is 0 Å². The SMILES string of the molecule is O=C1N=C(N2CCCCCC2)SC1=Cc1ccc(Br)cc1. The highest BCUT2D eigenvalue weighted by Gasteiger charge is 2.26. The van der Waals surface area contributed by atoms with Gasteiger partial charge in [0.1, 0.15) is 0 Å². The van der Waals surface area contributed by atoms with Crippen LogP contribution in [0, 0.1) is 0 Å². The monoisotopic (exact) mass is 364 g/mol. The number of likely N-dealkylation sites (tertiary alicyclic amines) is 1. The number of hydrogen-bond acceptors (Lipinski definition) is 3. The Balaban J connectivity index is 1.73. The van der Waals surface area contributed by atoms with E-state index in [0.29, 0.717) is 0 Å². The molecule has 1 saturated heterocycles. The van der Waals surface area contributed by atoms with Crippen LogP contribution >= 0.6 is 27.7 Å². The summed E-state index contributed by atoms with van der Waals surface area (Å²) in [5.41, 5.74) is 1.03. The molecule has 0 saturated carbocycles. The van der Waals surface area contributed by atoms with Gasteiger partial charge in [-0.25, -0.2) is 0 Å². The molecule has 0 aliphatic carbocycles. The zero-order chi connectivity index (χ0) is 14.7. The topological polar surface area (TPSA) is 32.7 Å². The van der Waals surface area contributed by atoms with Crippen LogP contribution in [0.3, 0.4) is 0 Å². The average molecular weight is 365 g/mol. The molecule has 0 atom stereocenters. The molecule has 0 N–H and O–H groups in total. The van der Waals surface area contributed by atoms with Crippen LogP contribution in [0.15, 0.2) is 38.6 Å². The third-order valence-corrected chi connectivity index (χ3v) is 5.23. The van der Waals surface area contributed by atoms with E-state index < -0.39 is 0 Å². The fourth-order valence-electron chi connectivity index (χ4n) is 2.51. The minimum atomic E-state index is -0.109. The molecule has 110 valence electrons. The van der Waals surface area contributed by atoms with E-state index in [1.54, 1.807) is 0 Å². The Morgan fingerprint density at radius 2 is 1.76 bits per heavy atom. The Hall–Kier alpha value is -1.07. The summed E-state index contributed by atoms with van der Waals surface area (Å²) in [7, 11) is 0. The highest BCUT2D eigenvalue weighted by atomic mass is 79.9. The first-order chi connectivity index (χ1) is 10.2. The van der Waals surface area contributed by atoms with Gasteiger partial charge in [0.15, 0.2) is 5.17 Å². The lowest BCUT2D eigenvalue weighted by Crippen LogP contribution is -2.28. The summed E-state index contributed by atoms with van der Waals surface area (Å²) in [4.78, 5) is 19.3. The molecule has 0 unspecified atom stereocenters. The predicted molar refractivity (Wildman–Crippen MR) is 92.2 cm³/mol. The van der Waals surface area contributed by atoms with Crippen LogP contribution in [0.2, 0.25) is 0 Å². The average Bonchev–Trinajstić information content (AvgIpc) is 2.69. The maximum absolute atomic E-state index is 12.1. The van der Waals surface area contributed by atoms with Crippen molar-refractivity contribution in [3.63, 3.8) is 0 Å². The van der Waals surface area contributed by atoms with Crippen LogP contribution in [0.5, 0.6) is 0 Å². The minimum absolute atomic E-state index is 0.109. The smallest absolute Gasteiger partial charge is 0.286 e. The summed E-state index contributed by atoms with van der Waals surface area (Å²) in [6, 6.07) is 7.95. The van der Waals surface area contributed by atoms with Gasteiger partial charge in [-0.15, -0.1) is 0 Å². The van der Waals surface area contributed by atoms with Gasteiger partial charge in [-0.2, -0.15) is 4.99 Å². The van der Waals surface area contributed by atoms with Gasteiger partial charge >= 0.3 is 0 Å². The summed E-state index contributed by atoms with van der Waals surface area (Å²) < 4.78 is 1.04. The molecule has 2 aliphatic heterocycles. The molecule has 2 aliphatic rings. The lowest BCUT2D eigenvalue weighted by atomic mass is 10.2. The third kappa shape index (κ3) is 3.77. The van der Waals surface area contributed by atoms with Crippen LogP contribution in [0.1, 0.15) is 31.2 Å². The van der Waals surface area contributed by atoms with Crippen molar-refractivity contribution in [3.05, 3.63) is 39.2 Å². The second kappa shape index (κ2) is 6.79. The van der Waals surface area contributed by atoms with E-state index in [2.05, 4.69) is 25.8 Å². The summed E-state index contributed by atoms with van der Waals surface area (Å²) in [5, 5.41) is 0.880. The van der Waals surface area contributed by atoms with Crippen molar-refractivity contribution in [3.8, 4) is 0 Å². The molecule has 2 heterocycles. The second-order valence-corrected chi connectivity index (χ2v) is 7.19. The van der Waals surface area contributed by atoms with Crippen LogP contribution in [-0.4, -0.2) is 29.1 Å². The van der Waals surface area contributed by atoms with Crippen LogP contribution in [-0.2, 0) is 4.79 Å². The summed E-state index contributed by atoms with van der Waals surface area (Å²) >= 11 is 4.93. The van der Waals surface area contributed by atoms with Crippen molar-refractivity contribution in [2.45, 2.75) is 25.7 Å². The normalized spacial score (nSPS) is 21.6. The number of nitrogens with zero attached hydrogens (tertiary/aromatic N) is 2. The van der Waals surface area contributed by atoms with Crippen LogP contribution in [0.25, 0.3) is 6.08 Å². The molecule has 3 nitrogen and oxygen atoms in total. The first kappa shape index (κ1) is 14.9. The Morgan fingerprint density at radius 1 is 1.10 bits per heavy atom. The van der Waals surface area contributed by atoms with Crippen molar-refractivity contribution in [2.24, 2.45) is 4.99 Å². The highest BCUT2D eigenvalue weighted by Crippen LogP contribution is 2.31. The number of amidine groups is 1. The Morgan fingerprint density at radius 3 is 2.43 bits per heavy atom. The molecule has 1 aromatic rings. The van der Waals surface area contributed by atoms with Crippen molar-refractivity contribution >= 4 is 44.8 Å². The fourth-order valence-corrected chi connectivity index (χ4v) is 3.73. The number of hydrogen-bond donors (Lipinski definition) is 0. The van der Waals surface area contributed by atoms with Gasteiger partial charge in [-0.05, 0) is 48.4 Å². The zero-order valence-corrected chi connectivity index (χ0v) is 14.1. The number of amides is 1. The predicted octanol–water partition coefficient (Wildman–Crippen LogP) is 4.30. The lowest BCUT2D eigenvalue weighted by molar-refractivity contribution is -0.113. The number of rotatable bonds is 1. The van der Waals surface area contributed by atoms with E-state index in [9.17, 15) is 4.79 Å². The summed E-state index contributed by atoms with van der Waals surface area (Å²) in [6.45, 7) is 2.04. The van der Waals surface area contributed by atoms with E-state index in [1.807, 2.05) is 30.3 Å². The van der Waals surface area contributed by atoms with E-state index in [0.717, 1.165) is 33.2 Å². The molecule has 3 rings (SSSR count). The molecule has 21 heavy (non-hydrogen) atoms. The first-order valence-electron chi connectivity index (χ1n) is 7.25. The molecule has 1 amide bonds. The largest absolute Gasteiger partial charge is 0.351 e. The van der Waals surface area contributed by atoms with Gasteiger partial charge in [-0.1, -0.05) is 40.9 Å². The lowest BCUT2D eigenvalue weighted by Gasteiger charge is -2.20. The molecule has 1 aromatic carbocycles. The number of carbonyl (C=O) groups excluding carboxylic acids is 1. The van der Waals surface area contributed by atoms with Crippen molar-refractivity contribution < 1.29 is 4.79 Å². The maximum atomic E-state index is 12.1. The molecule has 0 aromatic heterocycles. The Labute approximate surface area is 137 Å². The standard InChI is InChI=1S/C16H17BrN2OS/c17-13-7-5-12(6-8-13)11-14-15(20)18-16(21-14)19-9-3-1-2-4-10-19/h5-8,11H,1-4,9-10H2. The minimum Gasteiger partial charge on any atom is -0.351 e. The maximum Gasteiger partial charge on any atom is 0.286 e. The van der Waals surface area contributed by atoms with E-state index in [-0.39, 0.29) is 5.91 Å². The molecular formula is C16H17BrN2OS. The molecule has 0 radical (unpaired) electrons. The highest BCUT2D eigenvalue weighted by molar-refractivity contribution is 9.10. The fraction of sp³-hybridized carbons (Fsp3) is 0.375. The summed E-state index contributed by atoms with van der Waals surface area (Å²) in [6.07, 6.45) is 6.88. The molecule has 0 spiro atoms. The van der Waals surface area contributed by atoms with Crippen molar-refractivity contribution in [2.75, 3.05) is 13.1 Å². The van der Waals surface area contributed by atoms with Gasteiger partial charge in [0, 0.05) is 17.6 Å². The molecular weight excluding hydrogens is 348 g/mol. The van der Waals surface area contributed by atoms with E-state index >= 15 is 0 Å². The van der Waals surface area contributed by atoms with Gasteiger partial charge in [0.2, 0.25) is 0 Å². The quantitative estimate of drug-likeness (QED) is 0.696. The van der Waals surface area contributed by atoms with Crippen molar-refractivity contribution in [1.29, 1.82) is 0 Å². The Kier molecular flexibility index (Phi) is 4.80. The zero-order valence-electron chi connectivity index (χ0n) is 11.7. The van der Waals surface area contributed by atoms with Gasteiger partial charge in [0.05, 0.1) is 4.91 Å². The van der Waals surface area contributed by atoms with Gasteiger partial charge in [-0.3, -0.25) is 4.79 Å².